The molecule has 11 nitrogen and oxygen atoms in total. The van der Waals surface area contributed by atoms with Crippen LogP contribution in [-0.2, 0) is 4.79 Å². The van der Waals surface area contributed by atoms with Crippen LogP contribution in [0.15, 0.2) is 66.1 Å². The van der Waals surface area contributed by atoms with Gasteiger partial charge in [-0.05, 0) is 62.6 Å². The van der Waals surface area contributed by atoms with Gasteiger partial charge in [-0.1, -0.05) is 6.58 Å². The third kappa shape index (κ3) is 5.43. The molecule has 43 heavy (non-hydrogen) atoms. The van der Waals surface area contributed by atoms with Crippen molar-refractivity contribution in [2.45, 2.75) is 32.2 Å². The third-order valence-electron chi connectivity index (χ3n) is 8.09. The zero-order valence-corrected chi connectivity index (χ0v) is 24.0. The van der Waals surface area contributed by atoms with E-state index < -0.39 is 5.82 Å². The lowest BCUT2D eigenvalue weighted by Crippen LogP contribution is -2.45. The number of hydrogen-bond acceptors (Lipinski definition) is 10. The van der Waals surface area contributed by atoms with Crippen LogP contribution in [0.2, 0.25) is 0 Å². The Morgan fingerprint density at radius 2 is 1.88 bits per heavy atom. The number of ether oxygens (including phenoxy) is 1. The van der Waals surface area contributed by atoms with Crippen molar-refractivity contribution in [3.05, 3.63) is 72.3 Å². The zero-order chi connectivity index (χ0) is 30.1. The zero-order valence-electron chi connectivity index (χ0n) is 24.0. The average molecular weight is 582 g/mol. The Morgan fingerprint density at radius 3 is 2.60 bits per heavy atom. The minimum atomic E-state index is -0.487. The van der Waals surface area contributed by atoms with Crippen LogP contribution in [-0.4, -0.2) is 58.5 Å². The van der Waals surface area contributed by atoms with Crippen molar-refractivity contribution in [2.24, 2.45) is 5.11 Å². The Labute approximate surface area is 248 Å². The van der Waals surface area contributed by atoms with Crippen molar-refractivity contribution >= 4 is 45.6 Å². The highest BCUT2D eigenvalue weighted by Crippen LogP contribution is 2.36. The van der Waals surface area contributed by atoms with Gasteiger partial charge in [0, 0.05) is 49.9 Å². The molecule has 2 aromatic carbocycles. The lowest BCUT2D eigenvalue weighted by molar-refractivity contribution is -0.127. The highest BCUT2D eigenvalue weighted by Gasteiger charge is 2.33. The molecule has 2 aromatic heterocycles. The van der Waals surface area contributed by atoms with Gasteiger partial charge in [-0.25, -0.2) is 24.9 Å². The number of carbonyl (C=O) groups excluding carboxylic acids is 1. The molecule has 2 fully saturated rings. The summed E-state index contributed by atoms with van der Waals surface area (Å²) in [5.41, 5.74) is 10.9. The summed E-state index contributed by atoms with van der Waals surface area (Å²) in [4.78, 5) is 30.2. The van der Waals surface area contributed by atoms with Gasteiger partial charge in [0.05, 0.1) is 16.9 Å². The van der Waals surface area contributed by atoms with Gasteiger partial charge in [0.2, 0.25) is 5.91 Å². The standard InChI is InChI=1S/C31H32FN9O2/c1-18-10-15-41(31(18)42)20-11-13-40(14-12-20)27-9-7-24-29(38-27)30(36-17-35-24)37-23-6-8-26(19(2)28(23)32)43-21-4-5-22(34-3)25(16-21)39-33/h4-9,16-17,20,33-34H,1,10-15H2,2-3H3,(H,35,36,37). The van der Waals surface area contributed by atoms with Crippen molar-refractivity contribution in [3.63, 3.8) is 0 Å². The van der Waals surface area contributed by atoms with Crippen molar-refractivity contribution in [1.82, 2.24) is 19.9 Å². The van der Waals surface area contributed by atoms with E-state index in [2.05, 4.69) is 37.2 Å². The van der Waals surface area contributed by atoms with Gasteiger partial charge in [0.25, 0.3) is 0 Å². The van der Waals surface area contributed by atoms with Crippen LogP contribution >= 0.6 is 0 Å². The number of nitrogens with zero attached hydrogens (tertiary/aromatic N) is 6. The Bertz CT molecular complexity index is 1740. The summed E-state index contributed by atoms with van der Waals surface area (Å²) < 4.78 is 21.5. The van der Waals surface area contributed by atoms with E-state index in [1.54, 1.807) is 44.3 Å². The van der Waals surface area contributed by atoms with Crippen LogP contribution in [0.4, 0.5) is 33.1 Å². The number of halogens is 1. The van der Waals surface area contributed by atoms with Crippen LogP contribution in [0.5, 0.6) is 11.5 Å². The smallest absolute Gasteiger partial charge is 0.249 e. The molecule has 0 atom stereocenters. The molecule has 220 valence electrons. The summed E-state index contributed by atoms with van der Waals surface area (Å²) in [6.07, 6.45) is 3.87. The number of nitrogens with one attached hydrogen (secondary N) is 3. The molecule has 0 aliphatic carbocycles. The van der Waals surface area contributed by atoms with E-state index in [0.717, 1.165) is 44.7 Å². The van der Waals surface area contributed by atoms with E-state index in [1.165, 1.54) is 6.33 Å². The van der Waals surface area contributed by atoms with Crippen molar-refractivity contribution in [1.29, 1.82) is 5.53 Å². The van der Waals surface area contributed by atoms with E-state index in [-0.39, 0.29) is 17.6 Å². The highest BCUT2D eigenvalue weighted by atomic mass is 19.1. The number of anilines is 4. The molecule has 0 spiro atoms. The summed E-state index contributed by atoms with van der Waals surface area (Å²) in [6.45, 7) is 7.80. The normalized spacial score (nSPS) is 15.7. The number of piperidine rings is 1. The number of aromatic nitrogens is 3. The maximum absolute atomic E-state index is 15.6. The number of hydrogen-bond donors (Lipinski definition) is 3. The van der Waals surface area contributed by atoms with E-state index in [0.29, 0.717) is 50.9 Å². The first kappa shape index (κ1) is 28.0. The van der Waals surface area contributed by atoms with Crippen molar-refractivity contribution < 1.29 is 13.9 Å². The summed E-state index contributed by atoms with van der Waals surface area (Å²) >= 11 is 0. The number of likely N-dealkylation sites (tertiary alicyclic amines) is 1. The van der Waals surface area contributed by atoms with Crippen LogP contribution < -0.4 is 20.3 Å². The Kier molecular flexibility index (Phi) is 7.58. The van der Waals surface area contributed by atoms with E-state index in [9.17, 15) is 4.79 Å². The van der Waals surface area contributed by atoms with Gasteiger partial charge in [0.1, 0.15) is 34.8 Å². The molecule has 2 saturated heterocycles. The molecule has 0 bridgehead atoms. The monoisotopic (exact) mass is 581 g/mol. The summed E-state index contributed by atoms with van der Waals surface area (Å²) in [6, 6.07) is 12.4. The maximum Gasteiger partial charge on any atom is 0.249 e. The fourth-order valence-electron chi connectivity index (χ4n) is 5.63. The largest absolute Gasteiger partial charge is 0.457 e. The van der Waals surface area contributed by atoms with Crippen molar-refractivity contribution in [2.75, 3.05) is 42.2 Å². The molecule has 0 unspecified atom stereocenters. The van der Waals surface area contributed by atoms with Gasteiger partial charge in [-0.2, -0.15) is 5.11 Å². The minimum Gasteiger partial charge on any atom is -0.457 e. The molecule has 3 N–H and O–H groups in total. The molecule has 2 aliphatic rings. The second-order valence-electron chi connectivity index (χ2n) is 10.6. The topological polar surface area (TPSA) is 132 Å². The van der Waals surface area contributed by atoms with Gasteiger partial charge < -0.3 is 25.2 Å². The molecule has 1 amide bonds. The highest BCUT2D eigenvalue weighted by molar-refractivity contribution is 5.95. The first-order valence-corrected chi connectivity index (χ1v) is 14.1. The molecule has 4 aromatic rings. The van der Waals surface area contributed by atoms with Crippen LogP contribution in [0.1, 0.15) is 24.8 Å². The lowest BCUT2D eigenvalue weighted by atomic mass is 10.0. The van der Waals surface area contributed by atoms with E-state index in [1.807, 2.05) is 17.0 Å². The van der Waals surface area contributed by atoms with Gasteiger partial charge in [0.15, 0.2) is 11.6 Å². The Hall–Kier alpha value is -5.13. The predicted octanol–water partition coefficient (Wildman–Crippen LogP) is 6.47. The predicted molar refractivity (Wildman–Crippen MR) is 163 cm³/mol. The molecule has 2 aliphatic heterocycles. The second kappa shape index (κ2) is 11.6. The van der Waals surface area contributed by atoms with Crippen LogP contribution in [0, 0.1) is 18.3 Å². The summed E-state index contributed by atoms with van der Waals surface area (Å²) in [5.74, 6) is 1.54. The molecular formula is C31H32FN9O2. The second-order valence-corrected chi connectivity index (χ2v) is 10.6. The van der Waals surface area contributed by atoms with E-state index in [4.69, 9.17) is 15.3 Å². The third-order valence-corrected chi connectivity index (χ3v) is 8.09. The molecule has 12 heteroatoms. The maximum atomic E-state index is 15.6. The number of fused-ring (bicyclic) bond motifs is 1. The lowest BCUT2D eigenvalue weighted by Gasteiger charge is -2.37. The number of amides is 1. The molecule has 0 saturated carbocycles. The quantitative estimate of drug-likeness (QED) is 0.159. The minimum absolute atomic E-state index is 0.0784. The summed E-state index contributed by atoms with van der Waals surface area (Å²) in [5, 5.41) is 9.58. The number of benzene rings is 2. The van der Waals surface area contributed by atoms with Crippen LogP contribution in [0.3, 0.4) is 0 Å². The number of pyridine rings is 1. The van der Waals surface area contributed by atoms with Gasteiger partial charge >= 0.3 is 0 Å². The van der Waals surface area contributed by atoms with Gasteiger partial charge in [-0.15, -0.1) is 0 Å². The Morgan fingerprint density at radius 1 is 1.09 bits per heavy atom. The molecular weight excluding hydrogens is 549 g/mol. The molecule has 0 radical (unpaired) electrons. The summed E-state index contributed by atoms with van der Waals surface area (Å²) in [7, 11) is 1.74. The average Bonchev–Trinajstić information content (AvgIpc) is 3.38. The number of carbonyl (C=O) groups is 1. The van der Waals surface area contributed by atoms with Gasteiger partial charge in [-0.3, -0.25) is 4.79 Å². The van der Waals surface area contributed by atoms with E-state index >= 15 is 4.39 Å². The fraction of sp³-hybridized carbons (Fsp3) is 0.290. The molecule has 4 heterocycles. The van der Waals surface area contributed by atoms with Crippen LogP contribution in [0.25, 0.3) is 11.0 Å². The molecule has 6 rings (SSSR count). The fourth-order valence-corrected chi connectivity index (χ4v) is 5.63. The first-order valence-electron chi connectivity index (χ1n) is 14.1. The Balaban J connectivity index is 1.20. The SMILES string of the molecule is C=C1CCN(C2CCN(c3ccc4ncnc(Nc5ccc(Oc6ccc(NC)c(N=N)c6)c(C)c5F)c4n3)CC2)C1=O. The number of rotatable bonds is 8. The van der Waals surface area contributed by atoms with Crippen molar-refractivity contribution in [3.8, 4) is 11.5 Å². The first-order chi connectivity index (χ1) is 20.9.